The third-order valence-corrected chi connectivity index (χ3v) is 4.84. The molecule has 0 radical (unpaired) electrons. The fraction of sp³-hybridized carbons (Fsp3) is 0.444. The van der Waals surface area contributed by atoms with Crippen LogP contribution in [0.1, 0.15) is 19.8 Å². The lowest BCUT2D eigenvalue weighted by Crippen LogP contribution is -2.33. The molecule has 0 unspecified atom stereocenters. The summed E-state index contributed by atoms with van der Waals surface area (Å²) in [6, 6.07) is 3.81. The first kappa shape index (κ1) is 19.3. The van der Waals surface area contributed by atoms with Crippen LogP contribution >= 0.6 is 0 Å². The Morgan fingerprint density at radius 1 is 1.46 bits per heavy atom. The second kappa shape index (κ2) is 7.64. The lowest BCUT2D eigenvalue weighted by molar-refractivity contribution is -0.129. The molecule has 1 atom stereocenters. The zero-order chi connectivity index (χ0) is 20.3. The summed E-state index contributed by atoms with van der Waals surface area (Å²) in [6.45, 7) is 2.42. The molecular formula is C18H22N8O2. The van der Waals surface area contributed by atoms with Crippen molar-refractivity contribution < 1.29 is 9.59 Å². The van der Waals surface area contributed by atoms with Gasteiger partial charge >= 0.3 is 0 Å². The Balaban J connectivity index is 1.73. The third kappa shape index (κ3) is 3.64. The highest BCUT2D eigenvalue weighted by Gasteiger charge is 2.46. The fourth-order valence-electron chi connectivity index (χ4n) is 2.98. The topological polar surface area (TPSA) is 120 Å². The lowest BCUT2D eigenvalue weighted by Gasteiger charge is -2.19. The van der Waals surface area contributed by atoms with Gasteiger partial charge in [-0.05, 0) is 18.9 Å². The Labute approximate surface area is 162 Å². The fourth-order valence-corrected chi connectivity index (χ4v) is 2.98. The largest absolute Gasteiger partial charge is 0.347 e. The molecule has 2 aromatic heterocycles. The normalized spacial score (nSPS) is 18.8. The lowest BCUT2D eigenvalue weighted by atomic mass is 9.85. The summed E-state index contributed by atoms with van der Waals surface area (Å²) in [5.74, 6) is 0.451. The maximum absolute atomic E-state index is 12.7. The molecule has 2 amide bonds. The number of amides is 2. The summed E-state index contributed by atoms with van der Waals surface area (Å²) in [5, 5.41) is 16.6. The van der Waals surface area contributed by atoms with Crippen LogP contribution in [-0.4, -0.2) is 57.1 Å². The number of nitrogens with zero attached hydrogens (tertiary/aromatic N) is 7. The average Bonchev–Trinajstić information content (AvgIpc) is 3.26. The maximum Gasteiger partial charge on any atom is 0.248 e. The molecule has 0 saturated carbocycles. The SMILES string of the molecule is CC[C@]1(C#N)CCN(c2ccnc(Nc3cnn(CC(=O)N(C)C)c3)n2)C1=O. The zero-order valence-electron chi connectivity index (χ0n) is 16.1. The van der Waals surface area contributed by atoms with E-state index in [2.05, 4.69) is 26.5 Å². The van der Waals surface area contributed by atoms with Crippen molar-refractivity contribution in [2.45, 2.75) is 26.3 Å². The second-order valence-corrected chi connectivity index (χ2v) is 6.83. The highest BCUT2D eigenvalue weighted by atomic mass is 16.2. The van der Waals surface area contributed by atoms with Crippen LogP contribution in [0.5, 0.6) is 0 Å². The molecule has 10 nitrogen and oxygen atoms in total. The van der Waals surface area contributed by atoms with Gasteiger partial charge in [-0.2, -0.15) is 15.3 Å². The maximum atomic E-state index is 12.7. The molecule has 0 spiro atoms. The monoisotopic (exact) mass is 382 g/mol. The molecule has 3 heterocycles. The average molecular weight is 382 g/mol. The van der Waals surface area contributed by atoms with Crippen LogP contribution in [0.15, 0.2) is 24.7 Å². The van der Waals surface area contributed by atoms with Crippen LogP contribution in [-0.2, 0) is 16.1 Å². The Kier molecular flexibility index (Phi) is 5.26. The van der Waals surface area contributed by atoms with Crippen molar-refractivity contribution in [3.8, 4) is 6.07 Å². The van der Waals surface area contributed by atoms with E-state index in [4.69, 9.17) is 0 Å². The van der Waals surface area contributed by atoms with Crippen LogP contribution in [0.3, 0.4) is 0 Å². The summed E-state index contributed by atoms with van der Waals surface area (Å²) < 4.78 is 1.51. The van der Waals surface area contributed by atoms with Gasteiger partial charge < -0.3 is 10.2 Å². The number of carbonyl (C=O) groups excluding carboxylic acids is 2. The number of aromatic nitrogens is 4. The van der Waals surface area contributed by atoms with E-state index in [1.54, 1.807) is 38.8 Å². The van der Waals surface area contributed by atoms with Gasteiger partial charge in [0.25, 0.3) is 0 Å². The quantitative estimate of drug-likeness (QED) is 0.796. The number of nitriles is 1. The first-order valence-electron chi connectivity index (χ1n) is 8.94. The van der Waals surface area contributed by atoms with E-state index in [9.17, 15) is 14.9 Å². The van der Waals surface area contributed by atoms with E-state index in [1.807, 2.05) is 6.92 Å². The predicted molar refractivity (Wildman–Crippen MR) is 102 cm³/mol. The molecule has 0 bridgehead atoms. The van der Waals surface area contributed by atoms with Gasteiger partial charge in [0.1, 0.15) is 17.8 Å². The van der Waals surface area contributed by atoms with Crippen molar-refractivity contribution >= 4 is 29.3 Å². The summed E-state index contributed by atoms with van der Waals surface area (Å²) >= 11 is 0. The zero-order valence-corrected chi connectivity index (χ0v) is 16.1. The van der Waals surface area contributed by atoms with E-state index >= 15 is 0 Å². The number of rotatable bonds is 6. The number of hydrogen-bond acceptors (Lipinski definition) is 7. The van der Waals surface area contributed by atoms with Gasteiger partial charge in [0.05, 0.1) is 18.0 Å². The van der Waals surface area contributed by atoms with E-state index in [1.165, 1.54) is 14.5 Å². The Hall–Kier alpha value is -3.48. The van der Waals surface area contributed by atoms with Gasteiger partial charge in [-0.25, -0.2) is 4.98 Å². The van der Waals surface area contributed by atoms with Crippen molar-refractivity contribution in [3.63, 3.8) is 0 Å². The molecular weight excluding hydrogens is 360 g/mol. The number of anilines is 3. The molecule has 1 saturated heterocycles. The minimum atomic E-state index is -0.974. The van der Waals surface area contributed by atoms with Crippen LogP contribution < -0.4 is 10.2 Å². The second-order valence-electron chi connectivity index (χ2n) is 6.83. The van der Waals surface area contributed by atoms with E-state index in [0.29, 0.717) is 36.8 Å². The number of nitrogens with one attached hydrogen (secondary N) is 1. The smallest absolute Gasteiger partial charge is 0.248 e. The minimum absolute atomic E-state index is 0.0719. The van der Waals surface area contributed by atoms with Crippen molar-refractivity contribution in [3.05, 3.63) is 24.7 Å². The standard InChI is InChI=1S/C18H22N8O2/c1-4-18(12-19)6-8-26(16(18)28)14-5-7-20-17(23-14)22-13-9-21-25(10-13)11-15(27)24(2)3/h5,7,9-10H,4,6,8,11H2,1-3H3,(H,20,22,23)/t18-/m1/s1. The van der Waals surface area contributed by atoms with Crippen LogP contribution in [0.4, 0.5) is 17.5 Å². The molecule has 28 heavy (non-hydrogen) atoms. The van der Waals surface area contributed by atoms with Crippen LogP contribution in [0.25, 0.3) is 0 Å². The van der Waals surface area contributed by atoms with E-state index in [0.717, 1.165) is 0 Å². The number of carbonyl (C=O) groups is 2. The number of likely N-dealkylation sites (N-methyl/N-ethyl adjacent to an activating group) is 1. The van der Waals surface area contributed by atoms with Crippen LogP contribution in [0, 0.1) is 16.7 Å². The predicted octanol–water partition coefficient (Wildman–Crippen LogP) is 1.16. The summed E-state index contributed by atoms with van der Waals surface area (Å²) in [4.78, 5) is 36.0. The van der Waals surface area contributed by atoms with Gasteiger partial charge in [0, 0.05) is 33.0 Å². The first-order valence-corrected chi connectivity index (χ1v) is 8.94. The molecule has 10 heteroatoms. The summed E-state index contributed by atoms with van der Waals surface area (Å²) in [7, 11) is 3.37. The first-order chi connectivity index (χ1) is 13.4. The van der Waals surface area contributed by atoms with Crippen molar-refractivity contribution in [1.82, 2.24) is 24.6 Å². The molecule has 1 aliphatic rings. The Bertz CT molecular complexity index is 932. The molecule has 0 aliphatic carbocycles. The van der Waals surface area contributed by atoms with Crippen LogP contribution in [0.2, 0.25) is 0 Å². The molecule has 1 aliphatic heterocycles. The highest BCUT2D eigenvalue weighted by Crippen LogP contribution is 2.36. The minimum Gasteiger partial charge on any atom is -0.347 e. The Morgan fingerprint density at radius 2 is 2.25 bits per heavy atom. The summed E-state index contributed by atoms with van der Waals surface area (Å²) in [6.07, 6.45) is 5.75. The molecule has 146 valence electrons. The summed E-state index contributed by atoms with van der Waals surface area (Å²) in [5.41, 5.74) is -0.352. The van der Waals surface area contributed by atoms with Gasteiger partial charge in [0.15, 0.2) is 0 Å². The molecule has 1 N–H and O–H groups in total. The molecule has 1 fully saturated rings. The van der Waals surface area contributed by atoms with Crippen molar-refractivity contribution in [2.75, 3.05) is 30.9 Å². The molecule has 2 aromatic rings. The van der Waals surface area contributed by atoms with E-state index < -0.39 is 5.41 Å². The molecule has 3 rings (SSSR count). The molecule has 0 aromatic carbocycles. The van der Waals surface area contributed by atoms with Crippen molar-refractivity contribution in [1.29, 1.82) is 5.26 Å². The van der Waals surface area contributed by atoms with Gasteiger partial charge in [-0.3, -0.25) is 19.2 Å². The Morgan fingerprint density at radius 3 is 2.89 bits per heavy atom. The van der Waals surface area contributed by atoms with E-state index in [-0.39, 0.29) is 18.4 Å². The van der Waals surface area contributed by atoms with Gasteiger partial charge in [-0.15, -0.1) is 0 Å². The highest BCUT2D eigenvalue weighted by molar-refractivity contribution is 6.01. The number of hydrogen-bond donors (Lipinski definition) is 1. The van der Waals surface area contributed by atoms with Gasteiger partial charge in [0.2, 0.25) is 17.8 Å². The third-order valence-electron chi connectivity index (χ3n) is 4.84. The van der Waals surface area contributed by atoms with Gasteiger partial charge in [-0.1, -0.05) is 6.92 Å². The van der Waals surface area contributed by atoms with Crippen molar-refractivity contribution in [2.24, 2.45) is 5.41 Å².